The van der Waals surface area contributed by atoms with E-state index in [0.29, 0.717) is 32.1 Å². The van der Waals surface area contributed by atoms with Gasteiger partial charge in [0, 0.05) is 18.4 Å². The number of aryl methyl sites for hydroxylation is 1. The van der Waals surface area contributed by atoms with Gasteiger partial charge in [-0.25, -0.2) is 13.2 Å². The van der Waals surface area contributed by atoms with Crippen LogP contribution in [0.2, 0.25) is 0 Å². The summed E-state index contributed by atoms with van der Waals surface area (Å²) in [7, 11) is 0. The summed E-state index contributed by atoms with van der Waals surface area (Å²) in [6.45, 7) is 2.33. The zero-order valence-corrected chi connectivity index (χ0v) is 18.8. The molecule has 3 aromatic rings. The predicted octanol–water partition coefficient (Wildman–Crippen LogP) is 6.19. The molecule has 2 aliphatic rings. The van der Waals surface area contributed by atoms with E-state index in [2.05, 4.69) is 0 Å². The molecular weight excluding hydrogens is 470 g/mol. The van der Waals surface area contributed by atoms with Crippen LogP contribution in [0.3, 0.4) is 0 Å². The molecule has 0 aliphatic carbocycles. The molecule has 2 heterocycles. The van der Waals surface area contributed by atoms with Crippen molar-refractivity contribution in [3.05, 3.63) is 105 Å². The highest BCUT2D eigenvalue weighted by atomic mass is 19.4. The van der Waals surface area contributed by atoms with Crippen LogP contribution in [0, 0.1) is 24.4 Å². The monoisotopic (exact) mass is 492 g/mol. The zero-order valence-electron chi connectivity index (χ0n) is 18.8. The number of benzene rings is 3. The van der Waals surface area contributed by atoms with Crippen LogP contribution in [0.25, 0.3) is 0 Å². The molecule has 5 rings (SSSR count). The number of epoxide rings is 2. The molecule has 0 radical (unpaired) electrons. The van der Waals surface area contributed by atoms with Crippen LogP contribution in [0.15, 0.2) is 54.6 Å². The fourth-order valence-corrected chi connectivity index (χ4v) is 4.78. The zero-order chi connectivity index (χ0) is 25.0. The lowest BCUT2D eigenvalue weighted by atomic mass is 9.67. The number of rotatable bonds is 7. The number of hydrogen-bond donors (Lipinski definition) is 0. The second-order valence-electron chi connectivity index (χ2n) is 9.14. The van der Waals surface area contributed by atoms with Crippen molar-refractivity contribution in [3.8, 4) is 0 Å². The van der Waals surface area contributed by atoms with Gasteiger partial charge in [0.25, 0.3) is 0 Å². The van der Waals surface area contributed by atoms with Gasteiger partial charge >= 0.3 is 6.18 Å². The summed E-state index contributed by atoms with van der Waals surface area (Å²) in [5.41, 5.74) is -3.44. The van der Waals surface area contributed by atoms with Crippen LogP contribution < -0.4 is 0 Å². The second kappa shape index (κ2) is 8.68. The first-order valence-corrected chi connectivity index (χ1v) is 11.2. The Balaban J connectivity index is 1.74. The van der Waals surface area contributed by atoms with E-state index in [9.17, 15) is 8.78 Å². The Morgan fingerprint density at radius 3 is 1.54 bits per heavy atom. The first-order chi connectivity index (χ1) is 16.6. The summed E-state index contributed by atoms with van der Waals surface area (Å²) in [5, 5.41) is 0. The lowest BCUT2D eigenvalue weighted by Crippen LogP contribution is -2.46. The van der Waals surface area contributed by atoms with E-state index in [-0.39, 0.29) is 28.9 Å². The summed E-state index contributed by atoms with van der Waals surface area (Å²) in [6, 6.07) is 11.8. The van der Waals surface area contributed by atoms with Crippen LogP contribution in [0.1, 0.15) is 33.4 Å². The summed E-state index contributed by atoms with van der Waals surface area (Å²) in [4.78, 5) is 0. The molecule has 3 aromatic carbocycles. The molecule has 0 N–H and O–H groups in total. The van der Waals surface area contributed by atoms with Gasteiger partial charge in [-0.15, -0.1) is 0 Å². The van der Waals surface area contributed by atoms with Gasteiger partial charge in [0.2, 0.25) is 0 Å². The molecule has 0 spiro atoms. The maximum atomic E-state index is 15.3. The quantitative estimate of drug-likeness (QED) is 0.170. The topological polar surface area (TPSA) is 25.1 Å². The van der Waals surface area contributed by atoms with E-state index in [4.69, 9.17) is 9.47 Å². The molecular formula is C27H22F6O2. The number of alkyl halides is 3. The van der Waals surface area contributed by atoms with Crippen molar-refractivity contribution < 1.29 is 35.8 Å². The standard InChI is InChI=1S/C27H22F6O2/c1-15-10-22(28)24(29)25(30)23(15)26(27(31,32)33,18-6-2-16(3-7-18)11-20-13-34-20)19-8-4-17(5-9-19)12-21-14-35-21/h2-10,20-21H,11-14H2,1H3. The molecule has 2 nitrogen and oxygen atoms in total. The lowest BCUT2D eigenvalue weighted by molar-refractivity contribution is -0.167. The van der Waals surface area contributed by atoms with Crippen LogP contribution in [-0.4, -0.2) is 31.6 Å². The maximum absolute atomic E-state index is 15.3. The first-order valence-electron chi connectivity index (χ1n) is 11.2. The van der Waals surface area contributed by atoms with Crippen molar-refractivity contribution in [1.82, 2.24) is 0 Å². The van der Waals surface area contributed by atoms with Gasteiger partial charge in [-0.05, 0) is 40.8 Å². The fourth-order valence-electron chi connectivity index (χ4n) is 4.78. The van der Waals surface area contributed by atoms with Crippen LogP contribution in [0.5, 0.6) is 0 Å². The largest absolute Gasteiger partial charge is 0.406 e. The molecule has 0 aromatic heterocycles. The second-order valence-corrected chi connectivity index (χ2v) is 9.14. The van der Waals surface area contributed by atoms with Gasteiger partial charge in [-0.1, -0.05) is 48.5 Å². The molecule has 184 valence electrons. The average Bonchev–Trinajstić information content (AvgIpc) is 3.73. The Labute approximate surface area is 198 Å². The van der Waals surface area contributed by atoms with Gasteiger partial charge < -0.3 is 9.47 Å². The minimum absolute atomic E-state index is 0.0297. The third-order valence-electron chi connectivity index (χ3n) is 6.67. The molecule has 2 fully saturated rings. The predicted molar refractivity (Wildman–Crippen MR) is 117 cm³/mol. The van der Waals surface area contributed by atoms with Crippen molar-refractivity contribution >= 4 is 0 Å². The van der Waals surface area contributed by atoms with E-state index in [1.54, 1.807) is 0 Å². The summed E-state index contributed by atoms with van der Waals surface area (Å²) >= 11 is 0. The van der Waals surface area contributed by atoms with Crippen LogP contribution in [-0.2, 0) is 27.7 Å². The highest BCUT2D eigenvalue weighted by Crippen LogP contribution is 2.53. The Morgan fingerprint density at radius 1 is 0.743 bits per heavy atom. The van der Waals surface area contributed by atoms with Crippen LogP contribution in [0.4, 0.5) is 26.3 Å². The maximum Gasteiger partial charge on any atom is 0.406 e. The van der Waals surface area contributed by atoms with Crippen molar-refractivity contribution in [3.63, 3.8) is 0 Å². The third-order valence-corrected chi connectivity index (χ3v) is 6.67. The van der Waals surface area contributed by atoms with Gasteiger partial charge in [0.05, 0.1) is 25.4 Å². The summed E-state index contributed by atoms with van der Waals surface area (Å²) in [6.07, 6.45) is -3.96. The van der Waals surface area contributed by atoms with E-state index >= 15 is 17.6 Å². The minimum Gasteiger partial charge on any atom is -0.373 e. The van der Waals surface area contributed by atoms with E-state index < -0.39 is 34.6 Å². The van der Waals surface area contributed by atoms with Gasteiger partial charge in [-0.2, -0.15) is 13.2 Å². The van der Waals surface area contributed by atoms with Crippen molar-refractivity contribution in [2.75, 3.05) is 13.2 Å². The highest BCUT2D eigenvalue weighted by molar-refractivity contribution is 5.56. The van der Waals surface area contributed by atoms with E-state index in [1.807, 2.05) is 0 Å². The Kier molecular flexibility index (Phi) is 5.92. The fraction of sp³-hybridized carbons (Fsp3) is 0.333. The lowest BCUT2D eigenvalue weighted by Gasteiger charge is -2.39. The van der Waals surface area contributed by atoms with Gasteiger partial charge in [-0.3, -0.25) is 0 Å². The molecule has 0 bridgehead atoms. The Hall–Kier alpha value is -2.84. The first kappa shape index (κ1) is 23.9. The third kappa shape index (κ3) is 4.34. The van der Waals surface area contributed by atoms with Gasteiger partial charge in [0.1, 0.15) is 5.41 Å². The highest BCUT2D eigenvalue weighted by Gasteiger charge is 2.60. The van der Waals surface area contributed by atoms with E-state index in [0.717, 1.165) is 18.1 Å². The van der Waals surface area contributed by atoms with E-state index in [1.165, 1.54) is 48.5 Å². The molecule has 8 heteroatoms. The SMILES string of the molecule is Cc1cc(F)c(F)c(F)c1C(c1ccc(CC2CO2)cc1)(c1ccc(CC2CO2)cc1)C(F)(F)F. The molecule has 2 saturated heterocycles. The molecule has 2 atom stereocenters. The Bertz CT molecular complexity index is 1170. The molecule has 35 heavy (non-hydrogen) atoms. The minimum atomic E-state index is -5.09. The summed E-state index contributed by atoms with van der Waals surface area (Å²) < 4.78 is 99.7. The smallest absolute Gasteiger partial charge is 0.373 e. The van der Waals surface area contributed by atoms with Crippen molar-refractivity contribution in [2.24, 2.45) is 0 Å². The number of hydrogen-bond acceptors (Lipinski definition) is 2. The Morgan fingerprint density at radius 2 is 1.17 bits per heavy atom. The molecule has 2 unspecified atom stereocenters. The van der Waals surface area contributed by atoms with Crippen LogP contribution >= 0.6 is 0 Å². The van der Waals surface area contributed by atoms with Crippen molar-refractivity contribution in [2.45, 2.75) is 43.6 Å². The normalized spacial score (nSPS) is 21.0. The summed E-state index contributed by atoms with van der Waals surface area (Å²) in [5.74, 6) is -5.34. The molecule has 0 amide bonds. The molecule has 2 aliphatic heterocycles. The average molecular weight is 492 g/mol. The number of ether oxygens (including phenoxy) is 2. The molecule has 0 saturated carbocycles. The number of halogens is 6. The van der Waals surface area contributed by atoms with Gasteiger partial charge in [0.15, 0.2) is 17.5 Å². The van der Waals surface area contributed by atoms with Crippen molar-refractivity contribution in [1.29, 1.82) is 0 Å².